The van der Waals surface area contributed by atoms with Gasteiger partial charge in [0.05, 0.1) is 11.7 Å². The highest BCUT2D eigenvalue weighted by molar-refractivity contribution is 5.81. The summed E-state index contributed by atoms with van der Waals surface area (Å²) in [5, 5.41) is 10.3. The van der Waals surface area contributed by atoms with Crippen LogP contribution in [0.1, 0.15) is 33.4 Å². The summed E-state index contributed by atoms with van der Waals surface area (Å²) in [5.41, 5.74) is 1.09. The van der Waals surface area contributed by atoms with E-state index in [1.54, 1.807) is 6.20 Å². The van der Waals surface area contributed by atoms with Crippen molar-refractivity contribution in [2.75, 3.05) is 0 Å². The normalized spacial score (nSPS) is 12.8. The Bertz CT molecular complexity index is 359. The van der Waals surface area contributed by atoms with Gasteiger partial charge in [0.25, 0.3) is 0 Å². The number of aryl methyl sites for hydroxylation is 1. The largest absolute Gasteiger partial charge is 0.353 e. The predicted octanol–water partition coefficient (Wildman–Crippen LogP) is 0.906. The number of carbonyl (C=O) groups excluding carboxylic acids is 1. The Labute approximate surface area is 103 Å². The highest BCUT2D eigenvalue weighted by Crippen LogP contribution is 1.99. The fraction of sp³-hybridized carbons (Fsp3) is 0.667. The third-order valence-electron chi connectivity index (χ3n) is 2.52. The summed E-state index contributed by atoms with van der Waals surface area (Å²) in [7, 11) is 0. The minimum Gasteiger partial charge on any atom is -0.353 e. The van der Waals surface area contributed by atoms with Crippen molar-refractivity contribution in [3.05, 3.63) is 18.0 Å². The Morgan fingerprint density at radius 2 is 2.18 bits per heavy atom. The molecule has 1 aromatic rings. The molecule has 0 fully saturated rings. The fourth-order valence-electron chi connectivity index (χ4n) is 1.55. The maximum Gasteiger partial charge on any atom is 0.237 e. The predicted molar refractivity (Wildman–Crippen MR) is 67.5 cm³/mol. The summed E-state index contributed by atoms with van der Waals surface area (Å²) < 4.78 is 1.92. The molecule has 0 aromatic carbocycles. The Morgan fingerprint density at radius 1 is 1.47 bits per heavy atom. The number of rotatable bonds is 6. The van der Waals surface area contributed by atoms with Gasteiger partial charge in [-0.1, -0.05) is 0 Å². The minimum atomic E-state index is -0.197. The maximum atomic E-state index is 11.7. The molecule has 1 aromatic heterocycles. The van der Waals surface area contributed by atoms with Gasteiger partial charge < -0.3 is 10.6 Å². The highest BCUT2D eigenvalue weighted by atomic mass is 16.2. The molecule has 0 saturated heterocycles. The molecule has 1 atom stereocenters. The Hall–Kier alpha value is -1.36. The van der Waals surface area contributed by atoms with Crippen molar-refractivity contribution in [2.24, 2.45) is 0 Å². The summed E-state index contributed by atoms with van der Waals surface area (Å²) in [6.07, 6.45) is 1.78. The quantitative estimate of drug-likeness (QED) is 0.774. The van der Waals surface area contributed by atoms with Crippen LogP contribution in [0.4, 0.5) is 0 Å². The molecule has 5 nitrogen and oxygen atoms in total. The Morgan fingerprint density at radius 3 is 2.76 bits per heavy atom. The summed E-state index contributed by atoms with van der Waals surface area (Å²) in [6.45, 7) is 9.32. The van der Waals surface area contributed by atoms with Crippen molar-refractivity contribution in [2.45, 2.75) is 52.9 Å². The van der Waals surface area contributed by atoms with Crippen LogP contribution in [-0.2, 0) is 17.9 Å². The first-order valence-electron chi connectivity index (χ1n) is 6.09. The molecule has 0 aliphatic rings. The van der Waals surface area contributed by atoms with Gasteiger partial charge in [-0.2, -0.15) is 5.10 Å². The van der Waals surface area contributed by atoms with Crippen molar-refractivity contribution in [3.8, 4) is 0 Å². The molecule has 0 bridgehead atoms. The first kappa shape index (κ1) is 13.7. The van der Waals surface area contributed by atoms with E-state index in [1.165, 1.54) is 0 Å². The van der Waals surface area contributed by atoms with Crippen LogP contribution in [0.2, 0.25) is 0 Å². The second-order valence-electron chi connectivity index (χ2n) is 4.40. The van der Waals surface area contributed by atoms with Gasteiger partial charge in [0, 0.05) is 25.3 Å². The van der Waals surface area contributed by atoms with Crippen LogP contribution >= 0.6 is 0 Å². The number of aromatic nitrogens is 2. The molecule has 1 rings (SSSR count). The van der Waals surface area contributed by atoms with Crippen LogP contribution in [0.3, 0.4) is 0 Å². The lowest BCUT2D eigenvalue weighted by Crippen LogP contribution is -2.44. The van der Waals surface area contributed by atoms with E-state index in [4.69, 9.17) is 0 Å². The van der Waals surface area contributed by atoms with E-state index in [0.717, 1.165) is 12.2 Å². The number of carbonyl (C=O) groups is 1. The van der Waals surface area contributed by atoms with Crippen LogP contribution in [0.25, 0.3) is 0 Å². The molecular formula is C12H22N4O. The second kappa shape index (κ2) is 6.39. The van der Waals surface area contributed by atoms with Gasteiger partial charge in [-0.15, -0.1) is 0 Å². The van der Waals surface area contributed by atoms with Crippen LogP contribution in [0.5, 0.6) is 0 Å². The van der Waals surface area contributed by atoms with Crippen LogP contribution in [0.15, 0.2) is 12.3 Å². The van der Waals surface area contributed by atoms with Gasteiger partial charge >= 0.3 is 0 Å². The number of hydrogen-bond acceptors (Lipinski definition) is 3. The van der Waals surface area contributed by atoms with E-state index >= 15 is 0 Å². The molecular weight excluding hydrogens is 216 g/mol. The van der Waals surface area contributed by atoms with Crippen molar-refractivity contribution in [1.82, 2.24) is 20.4 Å². The topological polar surface area (TPSA) is 59.0 Å². The van der Waals surface area contributed by atoms with E-state index in [0.29, 0.717) is 6.54 Å². The van der Waals surface area contributed by atoms with Crippen LogP contribution in [0, 0.1) is 0 Å². The first-order valence-corrected chi connectivity index (χ1v) is 6.09. The van der Waals surface area contributed by atoms with E-state index in [9.17, 15) is 4.79 Å². The van der Waals surface area contributed by atoms with Gasteiger partial charge in [0.15, 0.2) is 0 Å². The van der Waals surface area contributed by atoms with Gasteiger partial charge in [-0.3, -0.25) is 9.48 Å². The molecule has 0 saturated carbocycles. The summed E-state index contributed by atoms with van der Waals surface area (Å²) in [6, 6.07) is 1.94. The highest BCUT2D eigenvalue weighted by Gasteiger charge is 2.13. The van der Waals surface area contributed by atoms with Crippen molar-refractivity contribution < 1.29 is 4.79 Å². The Balaban J connectivity index is 2.42. The fourth-order valence-corrected chi connectivity index (χ4v) is 1.55. The summed E-state index contributed by atoms with van der Waals surface area (Å²) in [5.74, 6) is 0.0302. The van der Waals surface area contributed by atoms with E-state index < -0.39 is 0 Å². The van der Waals surface area contributed by atoms with Gasteiger partial charge in [0.2, 0.25) is 5.91 Å². The van der Waals surface area contributed by atoms with E-state index in [1.807, 2.05) is 38.4 Å². The van der Waals surface area contributed by atoms with Gasteiger partial charge in [0.1, 0.15) is 0 Å². The minimum absolute atomic E-state index is 0.0302. The lowest BCUT2D eigenvalue weighted by Gasteiger charge is -2.16. The maximum absolute atomic E-state index is 11.7. The van der Waals surface area contributed by atoms with Crippen LogP contribution in [-0.4, -0.2) is 27.8 Å². The van der Waals surface area contributed by atoms with Crippen LogP contribution < -0.4 is 10.6 Å². The number of amides is 1. The summed E-state index contributed by atoms with van der Waals surface area (Å²) in [4.78, 5) is 11.7. The molecule has 1 heterocycles. The van der Waals surface area contributed by atoms with Gasteiger partial charge in [-0.05, 0) is 33.8 Å². The number of hydrogen-bond donors (Lipinski definition) is 2. The molecule has 5 heteroatoms. The standard InChI is InChI=1S/C12H22N4O/c1-5-16-11(6-7-14-16)8-13-10(4)12(17)15-9(2)3/h6-7,9-10,13H,5,8H2,1-4H3,(H,15,17). The number of nitrogens with zero attached hydrogens (tertiary/aromatic N) is 2. The van der Waals surface area contributed by atoms with Crippen molar-refractivity contribution in [3.63, 3.8) is 0 Å². The SMILES string of the molecule is CCn1nccc1CNC(C)C(=O)NC(C)C. The third-order valence-corrected chi connectivity index (χ3v) is 2.52. The zero-order valence-electron chi connectivity index (χ0n) is 11.0. The molecule has 96 valence electrons. The Kier molecular flexibility index (Phi) is 5.15. The first-order chi connectivity index (χ1) is 8.04. The third kappa shape index (κ3) is 4.19. The van der Waals surface area contributed by atoms with Gasteiger partial charge in [-0.25, -0.2) is 0 Å². The number of nitrogens with one attached hydrogen (secondary N) is 2. The zero-order valence-corrected chi connectivity index (χ0v) is 11.0. The molecule has 0 aliphatic heterocycles. The average molecular weight is 238 g/mol. The smallest absolute Gasteiger partial charge is 0.237 e. The summed E-state index contributed by atoms with van der Waals surface area (Å²) >= 11 is 0. The second-order valence-corrected chi connectivity index (χ2v) is 4.40. The molecule has 2 N–H and O–H groups in total. The molecule has 17 heavy (non-hydrogen) atoms. The lowest BCUT2D eigenvalue weighted by molar-refractivity contribution is -0.123. The van der Waals surface area contributed by atoms with Crippen molar-refractivity contribution in [1.29, 1.82) is 0 Å². The molecule has 1 amide bonds. The van der Waals surface area contributed by atoms with E-state index in [2.05, 4.69) is 15.7 Å². The molecule has 0 aliphatic carbocycles. The monoisotopic (exact) mass is 238 g/mol. The molecule has 0 radical (unpaired) electrons. The lowest BCUT2D eigenvalue weighted by atomic mass is 10.2. The van der Waals surface area contributed by atoms with Crippen molar-refractivity contribution >= 4 is 5.91 Å². The molecule has 1 unspecified atom stereocenters. The zero-order chi connectivity index (χ0) is 12.8. The average Bonchev–Trinajstić information content (AvgIpc) is 2.72. The van der Waals surface area contributed by atoms with E-state index in [-0.39, 0.29) is 18.0 Å². The molecule has 0 spiro atoms.